The molecule has 0 bridgehead atoms. The van der Waals surface area contributed by atoms with E-state index in [4.69, 9.17) is 20.8 Å². The van der Waals surface area contributed by atoms with Crippen LogP contribution in [0.2, 0.25) is 5.02 Å². The molecule has 23 heavy (non-hydrogen) atoms. The molecule has 1 fully saturated rings. The fourth-order valence-electron chi connectivity index (χ4n) is 2.81. The second-order valence-electron chi connectivity index (χ2n) is 5.63. The first kappa shape index (κ1) is 15.8. The molecule has 0 unspecified atom stereocenters. The van der Waals surface area contributed by atoms with Gasteiger partial charge in [-0.1, -0.05) is 23.7 Å². The van der Waals surface area contributed by atoms with Crippen molar-refractivity contribution in [2.45, 2.75) is 25.3 Å². The van der Waals surface area contributed by atoms with E-state index in [1.54, 1.807) is 25.1 Å². The molecule has 1 aromatic carbocycles. The van der Waals surface area contributed by atoms with Crippen molar-refractivity contribution in [3.63, 3.8) is 0 Å². The van der Waals surface area contributed by atoms with Crippen molar-refractivity contribution in [3.8, 4) is 0 Å². The summed E-state index contributed by atoms with van der Waals surface area (Å²) in [5.41, 5.74) is -0.273. The van der Waals surface area contributed by atoms with E-state index < -0.39 is 17.4 Å². The summed E-state index contributed by atoms with van der Waals surface area (Å²) < 4.78 is 10.8. The van der Waals surface area contributed by atoms with Crippen LogP contribution in [-0.4, -0.2) is 35.7 Å². The number of carboxylic acid groups (broad SMARTS) is 1. The molecule has 3 rings (SSSR count). The molecule has 0 saturated carbocycles. The number of halogens is 1. The largest absolute Gasteiger partial charge is 0.480 e. The van der Waals surface area contributed by atoms with Gasteiger partial charge in [0.2, 0.25) is 0 Å². The van der Waals surface area contributed by atoms with Crippen LogP contribution in [-0.2, 0) is 9.53 Å². The van der Waals surface area contributed by atoms with Gasteiger partial charge in [0.15, 0.2) is 11.3 Å². The van der Waals surface area contributed by atoms with Crippen molar-refractivity contribution >= 4 is 34.4 Å². The van der Waals surface area contributed by atoms with Gasteiger partial charge in [0.25, 0.3) is 5.91 Å². The number of ether oxygens (including phenoxy) is 1. The van der Waals surface area contributed by atoms with Gasteiger partial charge in [-0.05, 0) is 13.0 Å². The summed E-state index contributed by atoms with van der Waals surface area (Å²) in [5, 5.41) is 13.3. The number of aryl methyl sites for hydroxylation is 1. The van der Waals surface area contributed by atoms with Crippen LogP contribution in [0.15, 0.2) is 22.6 Å². The Hall–Kier alpha value is -2.05. The molecular weight excluding hydrogens is 322 g/mol. The minimum atomic E-state index is -1.33. The highest BCUT2D eigenvalue weighted by Crippen LogP contribution is 2.31. The number of furan rings is 1. The second kappa shape index (κ2) is 5.86. The predicted molar refractivity (Wildman–Crippen MR) is 83.8 cm³/mol. The third kappa shape index (κ3) is 2.68. The first-order chi connectivity index (χ1) is 10.9. The Morgan fingerprint density at radius 2 is 2.00 bits per heavy atom. The molecule has 1 aliphatic heterocycles. The molecule has 0 radical (unpaired) electrons. The van der Waals surface area contributed by atoms with Gasteiger partial charge in [0, 0.05) is 37.0 Å². The Bertz CT molecular complexity index is 776. The van der Waals surface area contributed by atoms with E-state index >= 15 is 0 Å². The van der Waals surface area contributed by atoms with Crippen LogP contribution in [0.1, 0.15) is 29.0 Å². The average Bonchev–Trinajstić information content (AvgIpc) is 2.87. The average molecular weight is 338 g/mol. The van der Waals surface area contributed by atoms with Gasteiger partial charge in [0.1, 0.15) is 5.54 Å². The van der Waals surface area contributed by atoms with Crippen LogP contribution in [0.25, 0.3) is 11.0 Å². The minimum absolute atomic E-state index is 0.0835. The number of fused-ring (bicyclic) bond motifs is 1. The Morgan fingerprint density at radius 1 is 1.30 bits per heavy atom. The molecule has 1 aliphatic rings. The quantitative estimate of drug-likeness (QED) is 0.899. The number of nitrogens with one attached hydrogen (secondary N) is 1. The summed E-state index contributed by atoms with van der Waals surface area (Å²) in [6.07, 6.45) is 0.433. The molecule has 1 aromatic heterocycles. The molecule has 0 aliphatic carbocycles. The van der Waals surface area contributed by atoms with Crippen molar-refractivity contribution in [2.75, 3.05) is 13.2 Å². The van der Waals surface area contributed by atoms with Crippen LogP contribution in [0, 0.1) is 6.92 Å². The molecule has 1 saturated heterocycles. The third-order valence-corrected chi connectivity index (χ3v) is 4.53. The van der Waals surface area contributed by atoms with Gasteiger partial charge in [-0.2, -0.15) is 0 Å². The van der Waals surface area contributed by atoms with Gasteiger partial charge in [-0.15, -0.1) is 0 Å². The monoisotopic (exact) mass is 337 g/mol. The number of hydrogen-bond acceptors (Lipinski definition) is 4. The number of amides is 1. The molecule has 2 heterocycles. The van der Waals surface area contributed by atoms with E-state index in [-0.39, 0.29) is 31.8 Å². The standard InChI is InChI=1S/C16H16ClNO5/c1-9-10-3-2-4-11(17)13(10)23-12(9)14(19)18-16(15(20)21)5-7-22-8-6-16/h2-4H,5-8H2,1H3,(H,18,19)(H,20,21). The number of para-hydroxylation sites is 1. The summed E-state index contributed by atoms with van der Waals surface area (Å²) in [5.74, 6) is -1.54. The Balaban J connectivity index is 1.95. The summed E-state index contributed by atoms with van der Waals surface area (Å²) in [6, 6.07) is 5.25. The molecule has 1 amide bonds. The van der Waals surface area contributed by atoms with Crippen molar-refractivity contribution in [3.05, 3.63) is 34.5 Å². The smallest absolute Gasteiger partial charge is 0.329 e. The molecule has 0 atom stereocenters. The van der Waals surface area contributed by atoms with E-state index in [1.807, 2.05) is 0 Å². The van der Waals surface area contributed by atoms with E-state index in [0.29, 0.717) is 16.2 Å². The van der Waals surface area contributed by atoms with Crippen molar-refractivity contribution in [1.82, 2.24) is 5.32 Å². The number of aliphatic carboxylic acids is 1. The number of carboxylic acids is 1. The number of hydrogen-bond donors (Lipinski definition) is 2. The van der Waals surface area contributed by atoms with Crippen LogP contribution in [0.3, 0.4) is 0 Å². The van der Waals surface area contributed by atoms with E-state index in [0.717, 1.165) is 5.39 Å². The first-order valence-electron chi connectivity index (χ1n) is 7.26. The molecule has 6 nitrogen and oxygen atoms in total. The maximum atomic E-state index is 12.6. The second-order valence-corrected chi connectivity index (χ2v) is 6.03. The van der Waals surface area contributed by atoms with Crippen LogP contribution in [0.5, 0.6) is 0 Å². The Labute approximate surface area is 137 Å². The minimum Gasteiger partial charge on any atom is -0.480 e. The highest BCUT2D eigenvalue weighted by Gasteiger charge is 2.42. The molecule has 0 spiro atoms. The topological polar surface area (TPSA) is 88.8 Å². The number of carbonyl (C=O) groups excluding carboxylic acids is 1. The summed E-state index contributed by atoms with van der Waals surface area (Å²) in [7, 11) is 0. The predicted octanol–water partition coefficient (Wildman–Crippen LogP) is 2.76. The SMILES string of the molecule is Cc1c(C(=O)NC2(C(=O)O)CCOCC2)oc2c(Cl)cccc12. The lowest BCUT2D eigenvalue weighted by molar-refractivity contribution is -0.148. The van der Waals surface area contributed by atoms with E-state index in [1.165, 1.54) is 0 Å². The lowest BCUT2D eigenvalue weighted by Gasteiger charge is -2.33. The Morgan fingerprint density at radius 3 is 2.61 bits per heavy atom. The van der Waals surface area contributed by atoms with E-state index in [2.05, 4.69) is 5.32 Å². The fraction of sp³-hybridized carbons (Fsp3) is 0.375. The fourth-order valence-corrected chi connectivity index (χ4v) is 3.02. The maximum Gasteiger partial charge on any atom is 0.329 e. The zero-order chi connectivity index (χ0) is 16.6. The summed E-state index contributed by atoms with van der Waals surface area (Å²) in [4.78, 5) is 24.2. The van der Waals surface area contributed by atoms with Gasteiger partial charge in [0.05, 0.1) is 5.02 Å². The number of rotatable bonds is 3. The number of carbonyl (C=O) groups is 2. The molecule has 7 heteroatoms. The molecule has 2 aromatic rings. The van der Waals surface area contributed by atoms with Gasteiger partial charge >= 0.3 is 5.97 Å². The zero-order valence-corrected chi connectivity index (χ0v) is 13.3. The zero-order valence-electron chi connectivity index (χ0n) is 12.5. The van der Waals surface area contributed by atoms with Crippen molar-refractivity contribution in [2.24, 2.45) is 0 Å². The highest BCUT2D eigenvalue weighted by atomic mass is 35.5. The normalized spacial score (nSPS) is 17.1. The lowest BCUT2D eigenvalue weighted by atomic mass is 9.90. The molecular formula is C16H16ClNO5. The third-order valence-electron chi connectivity index (χ3n) is 4.23. The van der Waals surface area contributed by atoms with Crippen molar-refractivity contribution in [1.29, 1.82) is 0 Å². The molecule has 2 N–H and O–H groups in total. The Kier molecular flexibility index (Phi) is 4.04. The number of benzene rings is 1. The highest BCUT2D eigenvalue weighted by molar-refractivity contribution is 6.35. The molecule has 122 valence electrons. The van der Waals surface area contributed by atoms with Gasteiger partial charge in [-0.25, -0.2) is 4.79 Å². The van der Waals surface area contributed by atoms with Crippen LogP contribution >= 0.6 is 11.6 Å². The first-order valence-corrected chi connectivity index (χ1v) is 7.64. The maximum absolute atomic E-state index is 12.6. The van der Waals surface area contributed by atoms with Gasteiger partial charge < -0.3 is 19.6 Å². The van der Waals surface area contributed by atoms with Crippen LogP contribution < -0.4 is 5.32 Å². The van der Waals surface area contributed by atoms with Crippen LogP contribution in [0.4, 0.5) is 0 Å². The lowest BCUT2D eigenvalue weighted by Crippen LogP contribution is -2.57. The van der Waals surface area contributed by atoms with Crippen molar-refractivity contribution < 1.29 is 23.8 Å². The summed E-state index contributed by atoms with van der Waals surface area (Å²) in [6.45, 7) is 2.32. The van der Waals surface area contributed by atoms with E-state index in [9.17, 15) is 14.7 Å². The van der Waals surface area contributed by atoms with Gasteiger partial charge in [-0.3, -0.25) is 4.79 Å². The summed E-state index contributed by atoms with van der Waals surface area (Å²) >= 11 is 6.08.